The molecule has 1 aromatic rings. The predicted octanol–water partition coefficient (Wildman–Crippen LogP) is 4.90. The van der Waals surface area contributed by atoms with Crippen molar-refractivity contribution >= 4 is 11.6 Å². The summed E-state index contributed by atoms with van der Waals surface area (Å²) in [4.78, 5) is 0. The van der Waals surface area contributed by atoms with Gasteiger partial charge in [-0.15, -0.1) is 11.6 Å². The molecule has 0 fully saturated rings. The maximum absolute atomic E-state index is 13.4. The van der Waals surface area contributed by atoms with Gasteiger partial charge in [-0.2, -0.15) is 13.2 Å². The van der Waals surface area contributed by atoms with Crippen molar-refractivity contribution in [3.05, 3.63) is 34.9 Å². The van der Waals surface area contributed by atoms with E-state index in [0.29, 0.717) is 0 Å². The Balaban J connectivity index is 2.82. The highest BCUT2D eigenvalue weighted by atomic mass is 35.5. The van der Waals surface area contributed by atoms with Gasteiger partial charge < -0.3 is 0 Å². The van der Waals surface area contributed by atoms with Crippen molar-refractivity contribution in [1.29, 1.82) is 0 Å². The highest BCUT2D eigenvalue weighted by Crippen LogP contribution is 2.33. The minimum absolute atomic E-state index is 0.0888. The van der Waals surface area contributed by atoms with Crippen molar-refractivity contribution in [2.75, 3.05) is 0 Å². The first-order valence-corrected chi connectivity index (χ1v) is 5.30. The van der Waals surface area contributed by atoms with Crippen molar-refractivity contribution in [2.24, 2.45) is 0 Å². The van der Waals surface area contributed by atoms with Gasteiger partial charge in [-0.1, -0.05) is 0 Å². The molecule has 0 bridgehead atoms. The van der Waals surface area contributed by atoms with E-state index in [0.717, 1.165) is 12.1 Å². The molecule has 17 heavy (non-hydrogen) atoms. The lowest BCUT2D eigenvalue weighted by atomic mass is 10.0. The van der Waals surface area contributed by atoms with Crippen LogP contribution in [0.1, 0.15) is 29.3 Å². The maximum atomic E-state index is 13.4. The predicted molar refractivity (Wildman–Crippen MR) is 55.0 cm³/mol. The molecule has 0 saturated heterocycles. The van der Waals surface area contributed by atoms with Gasteiger partial charge in [0.1, 0.15) is 11.6 Å². The van der Waals surface area contributed by atoms with E-state index in [-0.39, 0.29) is 11.1 Å². The molecule has 0 saturated carbocycles. The largest absolute Gasteiger partial charge is 0.389 e. The summed E-state index contributed by atoms with van der Waals surface area (Å²) in [7, 11) is 0. The third-order valence-corrected chi connectivity index (χ3v) is 2.75. The first kappa shape index (κ1) is 14.2. The summed E-state index contributed by atoms with van der Waals surface area (Å²) in [5.74, 6) is -1.47. The molecule has 0 amide bonds. The van der Waals surface area contributed by atoms with Gasteiger partial charge in [-0.3, -0.25) is 0 Å². The fourth-order valence-electron chi connectivity index (χ4n) is 1.35. The zero-order chi connectivity index (χ0) is 13.2. The van der Waals surface area contributed by atoms with Gasteiger partial charge in [0.05, 0.1) is 5.38 Å². The number of alkyl halides is 4. The van der Waals surface area contributed by atoms with Crippen LogP contribution in [0.3, 0.4) is 0 Å². The van der Waals surface area contributed by atoms with Gasteiger partial charge in [0.15, 0.2) is 0 Å². The summed E-state index contributed by atoms with van der Waals surface area (Å²) in [6.45, 7) is 1.36. The number of benzene rings is 1. The van der Waals surface area contributed by atoms with Crippen LogP contribution < -0.4 is 0 Å². The van der Waals surface area contributed by atoms with Crippen LogP contribution in [0.25, 0.3) is 0 Å². The lowest BCUT2D eigenvalue weighted by Gasteiger charge is -2.13. The first-order valence-electron chi connectivity index (χ1n) is 4.87. The van der Waals surface area contributed by atoms with E-state index in [1.54, 1.807) is 0 Å². The van der Waals surface area contributed by atoms with E-state index < -0.39 is 36.0 Å². The smallest absolute Gasteiger partial charge is 0.207 e. The Labute approximate surface area is 100 Å². The first-order chi connectivity index (χ1) is 7.70. The quantitative estimate of drug-likeness (QED) is 0.542. The summed E-state index contributed by atoms with van der Waals surface area (Å²) >= 11 is 5.64. The van der Waals surface area contributed by atoms with E-state index >= 15 is 0 Å². The van der Waals surface area contributed by atoms with Crippen molar-refractivity contribution < 1.29 is 22.0 Å². The summed E-state index contributed by atoms with van der Waals surface area (Å²) in [6, 6.07) is 1.77. The van der Waals surface area contributed by atoms with Gasteiger partial charge in [0.2, 0.25) is 0 Å². The molecule has 1 unspecified atom stereocenters. The number of hydrogen-bond acceptors (Lipinski definition) is 0. The molecule has 1 atom stereocenters. The second-order valence-electron chi connectivity index (χ2n) is 3.74. The normalized spacial score (nSPS) is 13.8. The van der Waals surface area contributed by atoms with Crippen molar-refractivity contribution in [3.8, 4) is 0 Å². The highest BCUT2D eigenvalue weighted by Gasteiger charge is 2.29. The molecular weight excluding hydrogens is 263 g/mol. The highest BCUT2D eigenvalue weighted by molar-refractivity contribution is 6.20. The molecule has 1 aromatic carbocycles. The van der Waals surface area contributed by atoms with Crippen molar-refractivity contribution in [1.82, 2.24) is 0 Å². The third kappa shape index (κ3) is 4.15. The molecule has 0 aliphatic carbocycles. The molecule has 0 aromatic heterocycles. The van der Waals surface area contributed by atoms with Gasteiger partial charge in [0.25, 0.3) is 0 Å². The topological polar surface area (TPSA) is 0 Å². The zero-order valence-corrected chi connectivity index (χ0v) is 9.67. The average Bonchev–Trinajstić information content (AvgIpc) is 2.19. The minimum Gasteiger partial charge on any atom is -0.207 e. The zero-order valence-electron chi connectivity index (χ0n) is 8.91. The molecule has 0 N–H and O–H groups in total. The molecule has 96 valence electrons. The van der Waals surface area contributed by atoms with Gasteiger partial charge in [0, 0.05) is 12.0 Å². The van der Waals surface area contributed by atoms with Crippen LogP contribution in [0, 0.1) is 18.6 Å². The Morgan fingerprint density at radius 3 is 2.29 bits per heavy atom. The molecule has 0 heterocycles. The van der Waals surface area contributed by atoms with Gasteiger partial charge in [-0.25, -0.2) is 8.78 Å². The van der Waals surface area contributed by atoms with Crippen LogP contribution in [0.15, 0.2) is 12.1 Å². The Morgan fingerprint density at radius 1 is 1.18 bits per heavy atom. The Hall–Kier alpha value is -0.840. The number of hydrogen-bond donors (Lipinski definition) is 0. The second kappa shape index (κ2) is 5.21. The third-order valence-electron chi connectivity index (χ3n) is 2.30. The molecule has 0 aliphatic rings. The van der Waals surface area contributed by atoms with Gasteiger partial charge >= 0.3 is 6.18 Å². The Morgan fingerprint density at radius 2 is 1.76 bits per heavy atom. The van der Waals surface area contributed by atoms with Crippen LogP contribution in [0.2, 0.25) is 0 Å². The SMILES string of the molecule is Cc1cc(F)c(C(Cl)CCC(F)(F)F)cc1F. The minimum atomic E-state index is -4.35. The summed E-state index contributed by atoms with van der Waals surface area (Å²) in [6.07, 6.45) is -5.96. The number of aryl methyl sites for hydroxylation is 1. The van der Waals surface area contributed by atoms with Crippen LogP contribution in [-0.2, 0) is 0 Å². The van der Waals surface area contributed by atoms with Crippen LogP contribution in [0.5, 0.6) is 0 Å². The number of rotatable bonds is 3. The summed E-state index contributed by atoms with van der Waals surface area (Å²) in [5, 5.41) is -1.19. The van der Waals surface area contributed by atoms with E-state index in [2.05, 4.69) is 0 Å². The lowest BCUT2D eigenvalue weighted by molar-refractivity contribution is -0.135. The van der Waals surface area contributed by atoms with Crippen molar-refractivity contribution in [3.63, 3.8) is 0 Å². The fraction of sp³-hybridized carbons (Fsp3) is 0.455. The van der Waals surface area contributed by atoms with Crippen LogP contribution in [-0.4, -0.2) is 6.18 Å². The Kier molecular flexibility index (Phi) is 4.36. The maximum Gasteiger partial charge on any atom is 0.389 e. The van der Waals surface area contributed by atoms with Crippen LogP contribution >= 0.6 is 11.6 Å². The Bertz CT molecular complexity index is 400. The molecule has 1 rings (SSSR count). The molecule has 0 radical (unpaired) electrons. The van der Waals surface area contributed by atoms with E-state index in [1.807, 2.05) is 0 Å². The second-order valence-corrected chi connectivity index (χ2v) is 4.27. The summed E-state index contributed by atoms with van der Waals surface area (Å²) < 4.78 is 62.4. The molecule has 6 heteroatoms. The molecule has 0 spiro atoms. The monoisotopic (exact) mass is 272 g/mol. The molecule has 0 nitrogen and oxygen atoms in total. The molecular formula is C11H10ClF5. The van der Waals surface area contributed by atoms with Crippen molar-refractivity contribution in [2.45, 2.75) is 31.3 Å². The van der Waals surface area contributed by atoms with E-state index in [1.165, 1.54) is 6.92 Å². The van der Waals surface area contributed by atoms with E-state index in [9.17, 15) is 22.0 Å². The van der Waals surface area contributed by atoms with E-state index in [4.69, 9.17) is 11.6 Å². The van der Waals surface area contributed by atoms with Crippen LogP contribution in [0.4, 0.5) is 22.0 Å². The number of halogens is 6. The lowest BCUT2D eigenvalue weighted by Crippen LogP contribution is -2.09. The standard InChI is InChI=1S/C11H10ClF5/c1-6-4-10(14)7(5-9(6)13)8(12)2-3-11(15,16)17/h4-5,8H,2-3H2,1H3. The fourth-order valence-corrected chi connectivity index (χ4v) is 1.62. The van der Waals surface area contributed by atoms with Gasteiger partial charge in [-0.05, 0) is 31.0 Å². The molecule has 0 aliphatic heterocycles. The average molecular weight is 273 g/mol. The summed E-state index contributed by atoms with van der Waals surface area (Å²) in [5.41, 5.74) is -0.148.